The molecule has 0 heterocycles. The quantitative estimate of drug-likeness (QED) is 0.483. The first-order valence-corrected chi connectivity index (χ1v) is 7.92. The summed E-state index contributed by atoms with van der Waals surface area (Å²) in [5, 5.41) is 10.2. The van der Waals surface area contributed by atoms with Crippen molar-refractivity contribution in [3.8, 4) is 0 Å². The standard InChI is InChI=1S/C18H28O2/c1-3-4-5-6-7-8-9-10-18(20)16-12-11-15(2)17(13-16)14-19/h11-14,18,20H,3-10H2,1-2H3. The third kappa shape index (κ3) is 5.87. The van der Waals surface area contributed by atoms with E-state index in [1.54, 1.807) is 0 Å². The van der Waals surface area contributed by atoms with Crippen LogP contribution < -0.4 is 0 Å². The van der Waals surface area contributed by atoms with Crippen molar-refractivity contribution in [2.75, 3.05) is 0 Å². The molecule has 0 amide bonds. The third-order valence-corrected chi connectivity index (χ3v) is 3.90. The van der Waals surface area contributed by atoms with Crippen molar-refractivity contribution >= 4 is 6.29 Å². The van der Waals surface area contributed by atoms with Crippen LogP contribution in [0.1, 0.15) is 85.9 Å². The number of aldehydes is 1. The Hall–Kier alpha value is -1.15. The van der Waals surface area contributed by atoms with Crippen molar-refractivity contribution in [3.05, 3.63) is 34.9 Å². The highest BCUT2D eigenvalue weighted by Gasteiger charge is 2.09. The van der Waals surface area contributed by atoms with Gasteiger partial charge in [0.15, 0.2) is 0 Å². The van der Waals surface area contributed by atoms with E-state index in [2.05, 4.69) is 6.92 Å². The van der Waals surface area contributed by atoms with Crippen LogP contribution in [0.25, 0.3) is 0 Å². The predicted octanol–water partition coefficient (Wildman–Crippen LogP) is 4.98. The Morgan fingerprint density at radius 2 is 1.75 bits per heavy atom. The second-order valence-electron chi connectivity index (χ2n) is 5.66. The van der Waals surface area contributed by atoms with Crippen molar-refractivity contribution in [1.29, 1.82) is 0 Å². The summed E-state index contributed by atoms with van der Waals surface area (Å²) in [5.41, 5.74) is 2.51. The van der Waals surface area contributed by atoms with Crippen molar-refractivity contribution < 1.29 is 9.90 Å². The first-order valence-electron chi connectivity index (χ1n) is 7.92. The Bertz CT molecular complexity index is 398. The molecular weight excluding hydrogens is 248 g/mol. The molecule has 1 N–H and O–H groups in total. The van der Waals surface area contributed by atoms with E-state index in [1.807, 2.05) is 25.1 Å². The lowest BCUT2D eigenvalue weighted by molar-refractivity contribution is 0.112. The molecule has 1 aromatic rings. The number of aliphatic hydroxyl groups is 1. The summed E-state index contributed by atoms with van der Waals surface area (Å²) in [6.07, 6.45) is 9.97. The number of carbonyl (C=O) groups excluding carboxylic acids is 1. The number of rotatable bonds is 10. The first-order chi connectivity index (χ1) is 9.69. The van der Waals surface area contributed by atoms with Gasteiger partial charge in [0.25, 0.3) is 0 Å². The molecule has 0 aliphatic carbocycles. The monoisotopic (exact) mass is 276 g/mol. The van der Waals surface area contributed by atoms with Gasteiger partial charge in [-0.2, -0.15) is 0 Å². The lowest BCUT2D eigenvalue weighted by Gasteiger charge is -2.12. The Labute approximate surface area is 123 Å². The lowest BCUT2D eigenvalue weighted by Crippen LogP contribution is -1.99. The molecule has 0 saturated carbocycles. The smallest absolute Gasteiger partial charge is 0.150 e. The summed E-state index contributed by atoms with van der Waals surface area (Å²) >= 11 is 0. The molecule has 0 aliphatic heterocycles. The SMILES string of the molecule is CCCCCCCCCC(O)c1ccc(C)c(C=O)c1. The number of carbonyl (C=O) groups is 1. The molecule has 1 atom stereocenters. The number of hydrogen-bond donors (Lipinski definition) is 1. The minimum absolute atomic E-state index is 0.440. The van der Waals surface area contributed by atoms with Crippen LogP contribution in [-0.2, 0) is 0 Å². The zero-order valence-corrected chi connectivity index (χ0v) is 12.9. The van der Waals surface area contributed by atoms with Crippen LogP contribution in [0, 0.1) is 6.92 Å². The highest BCUT2D eigenvalue weighted by atomic mass is 16.3. The van der Waals surface area contributed by atoms with Crippen LogP contribution in [0.15, 0.2) is 18.2 Å². The molecule has 0 bridgehead atoms. The zero-order chi connectivity index (χ0) is 14.8. The van der Waals surface area contributed by atoms with Gasteiger partial charge in [0.1, 0.15) is 6.29 Å². The highest BCUT2D eigenvalue weighted by molar-refractivity contribution is 5.77. The van der Waals surface area contributed by atoms with Crippen LogP contribution >= 0.6 is 0 Å². The topological polar surface area (TPSA) is 37.3 Å². The predicted molar refractivity (Wildman–Crippen MR) is 84.1 cm³/mol. The fourth-order valence-corrected chi connectivity index (χ4v) is 2.45. The molecule has 2 nitrogen and oxygen atoms in total. The fourth-order valence-electron chi connectivity index (χ4n) is 2.45. The van der Waals surface area contributed by atoms with E-state index in [-0.39, 0.29) is 0 Å². The van der Waals surface area contributed by atoms with E-state index < -0.39 is 6.10 Å². The van der Waals surface area contributed by atoms with E-state index in [0.717, 1.165) is 30.3 Å². The van der Waals surface area contributed by atoms with E-state index in [1.165, 1.54) is 38.5 Å². The minimum atomic E-state index is -0.440. The van der Waals surface area contributed by atoms with Gasteiger partial charge in [-0.3, -0.25) is 4.79 Å². The van der Waals surface area contributed by atoms with E-state index >= 15 is 0 Å². The maximum absolute atomic E-state index is 10.9. The molecule has 0 aromatic heterocycles. The van der Waals surface area contributed by atoms with Gasteiger partial charge in [-0.15, -0.1) is 0 Å². The van der Waals surface area contributed by atoms with Gasteiger partial charge in [-0.1, -0.05) is 64.0 Å². The summed E-state index contributed by atoms with van der Waals surface area (Å²) < 4.78 is 0. The molecule has 0 fully saturated rings. The van der Waals surface area contributed by atoms with Gasteiger partial charge < -0.3 is 5.11 Å². The molecule has 0 aliphatic rings. The second kappa shape index (κ2) is 9.71. The number of aliphatic hydroxyl groups excluding tert-OH is 1. The normalized spacial score (nSPS) is 12.3. The maximum atomic E-state index is 10.9. The van der Waals surface area contributed by atoms with Crippen molar-refractivity contribution in [2.24, 2.45) is 0 Å². The average molecular weight is 276 g/mol. The number of aryl methyl sites for hydroxylation is 1. The lowest BCUT2D eigenvalue weighted by atomic mass is 9.98. The van der Waals surface area contributed by atoms with Gasteiger partial charge in [0, 0.05) is 5.56 Å². The Kier molecular flexibility index (Phi) is 8.20. The molecule has 2 heteroatoms. The molecule has 1 rings (SSSR count). The molecular formula is C18H28O2. The summed E-state index contributed by atoms with van der Waals surface area (Å²) in [7, 11) is 0. The molecule has 20 heavy (non-hydrogen) atoms. The van der Waals surface area contributed by atoms with Crippen LogP contribution in [0.4, 0.5) is 0 Å². The van der Waals surface area contributed by atoms with Crippen molar-refractivity contribution in [2.45, 2.75) is 71.3 Å². The highest BCUT2D eigenvalue weighted by Crippen LogP contribution is 2.22. The largest absolute Gasteiger partial charge is 0.388 e. The molecule has 112 valence electrons. The molecule has 0 spiro atoms. The average Bonchev–Trinajstić information content (AvgIpc) is 2.46. The zero-order valence-electron chi connectivity index (χ0n) is 12.9. The number of unbranched alkanes of at least 4 members (excludes halogenated alkanes) is 6. The van der Waals surface area contributed by atoms with Crippen LogP contribution in [-0.4, -0.2) is 11.4 Å². The van der Waals surface area contributed by atoms with Crippen molar-refractivity contribution in [1.82, 2.24) is 0 Å². The summed E-state index contributed by atoms with van der Waals surface area (Å²) in [6.45, 7) is 4.14. The van der Waals surface area contributed by atoms with E-state index in [9.17, 15) is 9.90 Å². The summed E-state index contributed by atoms with van der Waals surface area (Å²) in [4.78, 5) is 10.9. The molecule has 0 radical (unpaired) electrons. The van der Waals surface area contributed by atoms with Gasteiger partial charge >= 0.3 is 0 Å². The van der Waals surface area contributed by atoms with E-state index in [0.29, 0.717) is 5.56 Å². The minimum Gasteiger partial charge on any atom is -0.388 e. The second-order valence-corrected chi connectivity index (χ2v) is 5.66. The van der Waals surface area contributed by atoms with Gasteiger partial charge in [-0.05, 0) is 30.5 Å². The summed E-state index contributed by atoms with van der Waals surface area (Å²) in [5.74, 6) is 0. The number of hydrogen-bond acceptors (Lipinski definition) is 2. The molecule has 0 saturated heterocycles. The van der Waals surface area contributed by atoms with Crippen LogP contribution in [0.3, 0.4) is 0 Å². The van der Waals surface area contributed by atoms with Crippen molar-refractivity contribution in [3.63, 3.8) is 0 Å². The van der Waals surface area contributed by atoms with Crippen LogP contribution in [0.2, 0.25) is 0 Å². The van der Waals surface area contributed by atoms with E-state index in [4.69, 9.17) is 0 Å². The van der Waals surface area contributed by atoms with Gasteiger partial charge in [0.2, 0.25) is 0 Å². The molecule has 1 unspecified atom stereocenters. The van der Waals surface area contributed by atoms with Gasteiger partial charge in [-0.25, -0.2) is 0 Å². The Morgan fingerprint density at radius 1 is 1.10 bits per heavy atom. The number of benzene rings is 1. The fraction of sp³-hybridized carbons (Fsp3) is 0.611. The maximum Gasteiger partial charge on any atom is 0.150 e. The van der Waals surface area contributed by atoms with Gasteiger partial charge in [0.05, 0.1) is 6.10 Å². The Morgan fingerprint density at radius 3 is 2.40 bits per heavy atom. The Balaban J connectivity index is 2.28. The summed E-state index contributed by atoms with van der Waals surface area (Å²) in [6, 6.07) is 5.65. The van der Waals surface area contributed by atoms with Crippen LogP contribution in [0.5, 0.6) is 0 Å². The molecule has 1 aromatic carbocycles. The third-order valence-electron chi connectivity index (χ3n) is 3.90. The first kappa shape index (κ1) is 16.9.